The number of ether oxygens (including phenoxy) is 3. The van der Waals surface area contributed by atoms with E-state index < -0.39 is 5.97 Å². The zero-order valence-electron chi connectivity index (χ0n) is 16.2. The van der Waals surface area contributed by atoms with Gasteiger partial charge in [0.1, 0.15) is 23.8 Å². The van der Waals surface area contributed by atoms with Crippen molar-refractivity contribution in [2.24, 2.45) is 12.8 Å². The molecule has 1 atom stereocenters. The van der Waals surface area contributed by atoms with Crippen LogP contribution in [0.5, 0.6) is 11.5 Å². The van der Waals surface area contributed by atoms with Crippen molar-refractivity contribution >= 4 is 29.3 Å². The number of aromatic nitrogens is 1. The van der Waals surface area contributed by atoms with Crippen LogP contribution in [0.3, 0.4) is 0 Å². The van der Waals surface area contributed by atoms with Crippen molar-refractivity contribution in [3.8, 4) is 11.5 Å². The van der Waals surface area contributed by atoms with Crippen molar-refractivity contribution in [3.63, 3.8) is 0 Å². The zero-order chi connectivity index (χ0) is 19.4. The molecule has 0 spiro atoms. The first kappa shape index (κ1) is 21.6. The monoisotopic (exact) mass is 404 g/mol. The Morgan fingerprint density at radius 2 is 1.79 bits per heavy atom. The lowest BCUT2D eigenvalue weighted by atomic mass is 10.1. The van der Waals surface area contributed by atoms with E-state index in [1.807, 2.05) is 42.5 Å². The van der Waals surface area contributed by atoms with E-state index in [-0.39, 0.29) is 18.4 Å². The number of nitrogens with zero attached hydrogens (tertiary/aromatic N) is 1. The summed E-state index contributed by atoms with van der Waals surface area (Å²) in [5.74, 6) is 0.895. The van der Waals surface area contributed by atoms with Gasteiger partial charge in [-0.2, -0.15) is 0 Å². The van der Waals surface area contributed by atoms with Crippen LogP contribution in [0.15, 0.2) is 48.5 Å². The van der Waals surface area contributed by atoms with Crippen molar-refractivity contribution in [1.29, 1.82) is 0 Å². The molecule has 0 bridgehead atoms. The highest BCUT2D eigenvalue weighted by Gasteiger charge is 2.20. The van der Waals surface area contributed by atoms with Gasteiger partial charge < -0.3 is 24.5 Å². The van der Waals surface area contributed by atoms with Crippen LogP contribution in [-0.2, 0) is 18.2 Å². The van der Waals surface area contributed by atoms with E-state index in [2.05, 4.69) is 0 Å². The minimum atomic E-state index is -0.414. The summed E-state index contributed by atoms with van der Waals surface area (Å²) in [4.78, 5) is 12.0. The molecule has 150 valence electrons. The normalized spacial score (nSPS) is 11.6. The molecule has 3 aromatic rings. The molecule has 6 nitrogen and oxygen atoms in total. The van der Waals surface area contributed by atoms with Crippen LogP contribution in [0.2, 0.25) is 0 Å². The number of methoxy groups -OCH3 is 2. The fourth-order valence-electron chi connectivity index (χ4n) is 3.17. The van der Waals surface area contributed by atoms with Gasteiger partial charge in [0.05, 0.1) is 19.7 Å². The standard InChI is InChI=1S/C21H24N2O4.ClH/c1-23-17(21(24)26-3)12-16-18(9-10-19(25-2)20(16)23)27-13-15(22)11-14-7-5-4-6-8-14;/h4-10,12,15H,11,13,22H2,1-3H3;1H/t15-;/m1./s1. The lowest BCUT2D eigenvalue weighted by Crippen LogP contribution is -2.30. The highest BCUT2D eigenvalue weighted by molar-refractivity contribution is 6.00. The number of carbonyl (C=O) groups excluding carboxylic acids is 1. The quantitative estimate of drug-likeness (QED) is 0.611. The molecule has 0 aliphatic carbocycles. The fraction of sp³-hybridized carbons (Fsp3) is 0.286. The summed E-state index contributed by atoms with van der Waals surface area (Å²) in [5, 5.41) is 0.782. The lowest BCUT2D eigenvalue weighted by Gasteiger charge is -2.15. The van der Waals surface area contributed by atoms with Gasteiger partial charge in [0.15, 0.2) is 0 Å². The van der Waals surface area contributed by atoms with Crippen LogP contribution in [0.1, 0.15) is 16.1 Å². The number of rotatable bonds is 7. The smallest absolute Gasteiger partial charge is 0.354 e. The van der Waals surface area contributed by atoms with Crippen molar-refractivity contribution in [2.45, 2.75) is 12.5 Å². The number of fused-ring (bicyclic) bond motifs is 1. The molecule has 7 heteroatoms. The molecular formula is C21H25ClN2O4. The highest BCUT2D eigenvalue weighted by Crippen LogP contribution is 2.35. The maximum absolute atomic E-state index is 12.0. The highest BCUT2D eigenvalue weighted by atomic mass is 35.5. The summed E-state index contributed by atoms with van der Waals surface area (Å²) in [6.07, 6.45) is 0.725. The Balaban J connectivity index is 0.00000280. The molecule has 1 aromatic heterocycles. The number of nitrogens with two attached hydrogens (primary N) is 1. The Kier molecular flexibility index (Phi) is 7.31. The van der Waals surface area contributed by atoms with Crippen molar-refractivity contribution in [3.05, 3.63) is 59.8 Å². The number of aryl methyl sites for hydroxylation is 1. The topological polar surface area (TPSA) is 75.7 Å². The van der Waals surface area contributed by atoms with E-state index in [0.29, 0.717) is 23.8 Å². The Bertz CT molecular complexity index is 940. The molecule has 0 saturated heterocycles. The second kappa shape index (κ2) is 9.48. The van der Waals surface area contributed by atoms with Crippen LogP contribution < -0.4 is 15.2 Å². The number of hydrogen-bond acceptors (Lipinski definition) is 5. The molecule has 0 aliphatic heterocycles. The van der Waals surface area contributed by atoms with Gasteiger partial charge in [-0.15, -0.1) is 12.4 Å². The fourth-order valence-corrected chi connectivity index (χ4v) is 3.17. The molecule has 2 aromatic carbocycles. The Morgan fingerprint density at radius 1 is 1.11 bits per heavy atom. The Labute approximate surface area is 170 Å². The number of hydrogen-bond donors (Lipinski definition) is 1. The van der Waals surface area contributed by atoms with Crippen molar-refractivity contribution < 1.29 is 19.0 Å². The predicted octanol–water partition coefficient (Wildman–Crippen LogP) is 3.34. The maximum Gasteiger partial charge on any atom is 0.354 e. The van der Waals surface area contributed by atoms with Gasteiger partial charge >= 0.3 is 5.97 Å². The zero-order valence-corrected chi connectivity index (χ0v) is 17.0. The minimum absolute atomic E-state index is 0. The Morgan fingerprint density at radius 3 is 2.43 bits per heavy atom. The molecule has 0 aliphatic rings. The Hall–Kier alpha value is -2.70. The van der Waals surface area contributed by atoms with E-state index in [4.69, 9.17) is 19.9 Å². The first-order valence-corrected chi connectivity index (χ1v) is 8.72. The van der Waals surface area contributed by atoms with Crippen LogP contribution in [-0.4, -0.2) is 37.4 Å². The summed E-state index contributed by atoms with van der Waals surface area (Å²) in [5.41, 5.74) is 8.59. The molecule has 1 heterocycles. The third-order valence-electron chi connectivity index (χ3n) is 4.53. The molecule has 0 unspecified atom stereocenters. The summed E-state index contributed by atoms with van der Waals surface area (Å²) in [6, 6.07) is 15.3. The van der Waals surface area contributed by atoms with Gasteiger partial charge in [0, 0.05) is 18.5 Å². The summed E-state index contributed by atoms with van der Waals surface area (Å²) < 4.78 is 18.0. The van der Waals surface area contributed by atoms with Gasteiger partial charge in [0.2, 0.25) is 0 Å². The molecular weight excluding hydrogens is 380 g/mol. The third-order valence-corrected chi connectivity index (χ3v) is 4.53. The third kappa shape index (κ3) is 4.40. The lowest BCUT2D eigenvalue weighted by molar-refractivity contribution is 0.0590. The van der Waals surface area contributed by atoms with E-state index in [9.17, 15) is 4.79 Å². The van der Waals surface area contributed by atoms with E-state index in [1.54, 1.807) is 24.8 Å². The number of carbonyl (C=O) groups is 1. The van der Waals surface area contributed by atoms with E-state index >= 15 is 0 Å². The molecule has 0 saturated carbocycles. The predicted molar refractivity (Wildman–Crippen MR) is 112 cm³/mol. The van der Waals surface area contributed by atoms with Crippen LogP contribution in [0.25, 0.3) is 10.9 Å². The number of halogens is 1. The number of esters is 1. The second-order valence-corrected chi connectivity index (χ2v) is 6.37. The van der Waals surface area contributed by atoms with Crippen molar-refractivity contribution in [1.82, 2.24) is 4.57 Å². The van der Waals surface area contributed by atoms with Gasteiger partial charge in [-0.05, 0) is 30.2 Å². The molecule has 3 rings (SSSR count). The van der Waals surface area contributed by atoms with E-state index in [1.165, 1.54) is 12.7 Å². The summed E-state index contributed by atoms with van der Waals surface area (Å²) >= 11 is 0. The van der Waals surface area contributed by atoms with Crippen molar-refractivity contribution in [2.75, 3.05) is 20.8 Å². The molecule has 2 N–H and O–H groups in total. The summed E-state index contributed by atoms with van der Waals surface area (Å²) in [6.45, 7) is 0.360. The van der Waals surface area contributed by atoms with Crippen LogP contribution in [0, 0.1) is 0 Å². The van der Waals surface area contributed by atoms with Crippen LogP contribution >= 0.6 is 12.4 Å². The van der Waals surface area contributed by atoms with Crippen LogP contribution in [0.4, 0.5) is 0 Å². The number of benzene rings is 2. The average molecular weight is 405 g/mol. The largest absolute Gasteiger partial charge is 0.495 e. The van der Waals surface area contributed by atoms with E-state index in [0.717, 1.165) is 17.3 Å². The molecule has 28 heavy (non-hydrogen) atoms. The SMILES string of the molecule is COC(=O)c1cc2c(OC[C@H](N)Cc3ccccc3)ccc(OC)c2n1C.Cl. The molecule has 0 amide bonds. The van der Waals surface area contributed by atoms with Gasteiger partial charge in [-0.25, -0.2) is 4.79 Å². The van der Waals surface area contributed by atoms with Gasteiger partial charge in [-0.1, -0.05) is 30.3 Å². The maximum atomic E-state index is 12.0. The second-order valence-electron chi connectivity index (χ2n) is 6.37. The first-order valence-electron chi connectivity index (χ1n) is 8.72. The molecule has 0 radical (unpaired) electrons. The molecule has 0 fully saturated rings. The average Bonchev–Trinajstić information content (AvgIpc) is 3.04. The minimum Gasteiger partial charge on any atom is -0.495 e. The summed E-state index contributed by atoms with van der Waals surface area (Å²) in [7, 11) is 4.75. The van der Waals surface area contributed by atoms with Gasteiger partial charge in [0.25, 0.3) is 0 Å². The first-order chi connectivity index (χ1) is 13.0. The van der Waals surface area contributed by atoms with Gasteiger partial charge in [-0.3, -0.25) is 0 Å².